The van der Waals surface area contributed by atoms with E-state index in [4.69, 9.17) is 14.6 Å². The standard InChI is InChI=1S/C13H13N3O4/c1-2-9-12(13(17)18)14-15-16(9)8-3-4-10-11(7-8)20-6-5-19-10/h3-4,7H,2,5-6H2,1H3,(H,17,18). The van der Waals surface area contributed by atoms with Crippen LogP contribution in [0, 0.1) is 0 Å². The third-order valence-corrected chi connectivity index (χ3v) is 3.07. The summed E-state index contributed by atoms with van der Waals surface area (Å²) < 4.78 is 12.5. The van der Waals surface area contributed by atoms with Crippen LogP contribution in [0.25, 0.3) is 5.69 Å². The molecule has 0 saturated heterocycles. The molecule has 0 amide bonds. The largest absolute Gasteiger partial charge is 0.486 e. The summed E-state index contributed by atoms with van der Waals surface area (Å²) in [6, 6.07) is 5.35. The zero-order chi connectivity index (χ0) is 14.1. The van der Waals surface area contributed by atoms with Crippen LogP contribution in [-0.4, -0.2) is 39.3 Å². The molecule has 0 bridgehead atoms. The van der Waals surface area contributed by atoms with Gasteiger partial charge in [-0.3, -0.25) is 0 Å². The number of benzene rings is 1. The first-order chi connectivity index (χ1) is 9.70. The molecule has 0 saturated carbocycles. The average Bonchev–Trinajstić information content (AvgIpc) is 2.90. The minimum absolute atomic E-state index is 0.0256. The normalized spacial score (nSPS) is 13.2. The zero-order valence-electron chi connectivity index (χ0n) is 10.9. The minimum Gasteiger partial charge on any atom is -0.486 e. The third kappa shape index (κ3) is 1.97. The van der Waals surface area contributed by atoms with Gasteiger partial charge >= 0.3 is 5.97 Å². The molecule has 7 heteroatoms. The zero-order valence-corrected chi connectivity index (χ0v) is 10.9. The monoisotopic (exact) mass is 275 g/mol. The van der Waals surface area contributed by atoms with Gasteiger partial charge < -0.3 is 14.6 Å². The van der Waals surface area contributed by atoms with Crippen molar-refractivity contribution in [2.75, 3.05) is 13.2 Å². The summed E-state index contributed by atoms with van der Waals surface area (Å²) in [6.45, 7) is 2.88. The summed E-state index contributed by atoms with van der Waals surface area (Å²) in [6.07, 6.45) is 0.517. The number of fused-ring (bicyclic) bond motifs is 1. The van der Waals surface area contributed by atoms with E-state index in [0.29, 0.717) is 42.5 Å². The van der Waals surface area contributed by atoms with Gasteiger partial charge in [0.2, 0.25) is 0 Å². The molecule has 1 aliphatic heterocycles. The maximum absolute atomic E-state index is 11.1. The van der Waals surface area contributed by atoms with E-state index in [1.165, 1.54) is 4.68 Å². The number of ether oxygens (including phenoxy) is 2. The van der Waals surface area contributed by atoms with Gasteiger partial charge in [0.15, 0.2) is 17.2 Å². The molecule has 104 valence electrons. The van der Waals surface area contributed by atoms with Crippen LogP contribution in [0.1, 0.15) is 23.1 Å². The van der Waals surface area contributed by atoms with Crippen molar-refractivity contribution >= 4 is 5.97 Å². The molecular weight excluding hydrogens is 262 g/mol. The Bertz CT molecular complexity index is 666. The molecule has 20 heavy (non-hydrogen) atoms. The van der Waals surface area contributed by atoms with E-state index in [2.05, 4.69) is 10.3 Å². The molecule has 1 aromatic carbocycles. The molecule has 7 nitrogen and oxygen atoms in total. The third-order valence-electron chi connectivity index (χ3n) is 3.07. The predicted octanol–water partition coefficient (Wildman–Crippen LogP) is 1.30. The summed E-state index contributed by atoms with van der Waals surface area (Å²) in [7, 11) is 0. The first kappa shape index (κ1) is 12.5. The Labute approximate surface area is 114 Å². The second-order valence-electron chi connectivity index (χ2n) is 4.28. The van der Waals surface area contributed by atoms with E-state index in [0.717, 1.165) is 0 Å². The second-order valence-corrected chi connectivity index (χ2v) is 4.28. The fraction of sp³-hybridized carbons (Fsp3) is 0.308. The highest BCUT2D eigenvalue weighted by Crippen LogP contribution is 2.32. The lowest BCUT2D eigenvalue weighted by molar-refractivity contribution is 0.0689. The molecule has 0 fully saturated rings. The van der Waals surface area contributed by atoms with E-state index in [9.17, 15) is 4.79 Å². The summed E-state index contributed by atoms with van der Waals surface area (Å²) in [5.41, 5.74) is 1.22. The number of carboxylic acid groups (broad SMARTS) is 1. The lowest BCUT2D eigenvalue weighted by atomic mass is 10.2. The van der Waals surface area contributed by atoms with Crippen LogP contribution < -0.4 is 9.47 Å². The number of rotatable bonds is 3. The Kier molecular flexibility index (Phi) is 3.02. The number of hydrogen-bond acceptors (Lipinski definition) is 5. The Morgan fingerprint density at radius 1 is 1.35 bits per heavy atom. The molecule has 0 unspecified atom stereocenters. The van der Waals surface area contributed by atoms with Crippen molar-refractivity contribution in [3.8, 4) is 17.2 Å². The SMILES string of the molecule is CCc1c(C(=O)O)nnn1-c1ccc2c(c1)OCCO2. The fourth-order valence-electron chi connectivity index (χ4n) is 2.16. The van der Waals surface area contributed by atoms with Crippen molar-refractivity contribution in [1.29, 1.82) is 0 Å². The van der Waals surface area contributed by atoms with Gasteiger partial charge in [-0.15, -0.1) is 5.10 Å². The number of aromatic carboxylic acids is 1. The molecule has 1 aliphatic rings. The number of nitrogens with zero attached hydrogens (tertiary/aromatic N) is 3. The van der Waals surface area contributed by atoms with E-state index >= 15 is 0 Å². The van der Waals surface area contributed by atoms with Crippen LogP contribution in [0.15, 0.2) is 18.2 Å². The van der Waals surface area contributed by atoms with E-state index in [1.54, 1.807) is 18.2 Å². The lowest BCUT2D eigenvalue weighted by Crippen LogP contribution is -2.15. The maximum Gasteiger partial charge on any atom is 0.358 e. The highest BCUT2D eigenvalue weighted by atomic mass is 16.6. The van der Waals surface area contributed by atoms with Gasteiger partial charge in [0, 0.05) is 6.07 Å². The quantitative estimate of drug-likeness (QED) is 0.908. The van der Waals surface area contributed by atoms with Gasteiger partial charge in [0.25, 0.3) is 0 Å². The Balaban J connectivity index is 2.07. The van der Waals surface area contributed by atoms with Gasteiger partial charge in [0.1, 0.15) is 13.2 Å². The van der Waals surface area contributed by atoms with Crippen LogP contribution >= 0.6 is 0 Å². The Morgan fingerprint density at radius 2 is 2.10 bits per heavy atom. The van der Waals surface area contributed by atoms with Gasteiger partial charge in [-0.1, -0.05) is 12.1 Å². The smallest absolute Gasteiger partial charge is 0.358 e. The highest BCUT2D eigenvalue weighted by Gasteiger charge is 2.20. The number of carboxylic acids is 1. The van der Waals surface area contributed by atoms with Crippen molar-refractivity contribution in [2.45, 2.75) is 13.3 Å². The summed E-state index contributed by atoms with van der Waals surface area (Å²) in [4.78, 5) is 11.1. The highest BCUT2D eigenvalue weighted by molar-refractivity contribution is 5.86. The summed E-state index contributed by atoms with van der Waals surface area (Å²) in [5, 5.41) is 16.7. The molecule has 1 aromatic heterocycles. The summed E-state index contributed by atoms with van der Waals surface area (Å²) in [5.74, 6) is 0.227. The molecular formula is C13H13N3O4. The van der Waals surface area contributed by atoms with Gasteiger partial charge in [-0.05, 0) is 18.6 Å². The predicted molar refractivity (Wildman–Crippen MR) is 68.7 cm³/mol. The van der Waals surface area contributed by atoms with Gasteiger partial charge in [-0.2, -0.15) is 0 Å². The summed E-state index contributed by atoms with van der Waals surface area (Å²) >= 11 is 0. The molecule has 2 heterocycles. The van der Waals surface area contributed by atoms with Crippen molar-refractivity contribution in [1.82, 2.24) is 15.0 Å². The van der Waals surface area contributed by atoms with Crippen molar-refractivity contribution in [2.24, 2.45) is 0 Å². The number of carbonyl (C=O) groups is 1. The Morgan fingerprint density at radius 3 is 2.80 bits per heavy atom. The fourth-order valence-corrected chi connectivity index (χ4v) is 2.16. The van der Waals surface area contributed by atoms with Gasteiger partial charge in [-0.25, -0.2) is 9.48 Å². The van der Waals surface area contributed by atoms with Crippen molar-refractivity contribution in [3.63, 3.8) is 0 Å². The van der Waals surface area contributed by atoms with E-state index in [-0.39, 0.29) is 5.69 Å². The first-order valence-corrected chi connectivity index (χ1v) is 6.28. The molecule has 0 radical (unpaired) electrons. The maximum atomic E-state index is 11.1. The molecule has 0 aliphatic carbocycles. The van der Waals surface area contributed by atoms with Crippen LogP contribution in [0.4, 0.5) is 0 Å². The number of hydrogen-bond donors (Lipinski definition) is 1. The average molecular weight is 275 g/mol. The Hall–Kier alpha value is -2.57. The van der Waals surface area contributed by atoms with E-state index < -0.39 is 5.97 Å². The van der Waals surface area contributed by atoms with Gasteiger partial charge in [0.05, 0.1) is 11.4 Å². The van der Waals surface area contributed by atoms with Crippen LogP contribution in [0.2, 0.25) is 0 Å². The van der Waals surface area contributed by atoms with Crippen LogP contribution in [0.3, 0.4) is 0 Å². The first-order valence-electron chi connectivity index (χ1n) is 6.28. The molecule has 0 spiro atoms. The van der Waals surface area contributed by atoms with Crippen molar-refractivity contribution < 1.29 is 19.4 Å². The van der Waals surface area contributed by atoms with Crippen molar-refractivity contribution in [3.05, 3.63) is 29.6 Å². The van der Waals surface area contributed by atoms with Crippen LogP contribution in [0.5, 0.6) is 11.5 Å². The minimum atomic E-state index is -1.08. The number of aromatic nitrogens is 3. The molecule has 1 N–H and O–H groups in total. The second kappa shape index (κ2) is 4.84. The lowest BCUT2D eigenvalue weighted by Gasteiger charge is -2.19. The molecule has 2 aromatic rings. The van der Waals surface area contributed by atoms with E-state index in [1.807, 2.05) is 6.92 Å². The topological polar surface area (TPSA) is 86.5 Å². The molecule has 3 rings (SSSR count). The van der Waals surface area contributed by atoms with Crippen LogP contribution in [-0.2, 0) is 6.42 Å². The molecule has 0 atom stereocenters.